The number of likely N-dealkylation sites (tertiary alicyclic amines) is 1. The average molecular weight is 709 g/mol. The van der Waals surface area contributed by atoms with Gasteiger partial charge in [0.25, 0.3) is 0 Å². The number of benzene rings is 1. The predicted molar refractivity (Wildman–Crippen MR) is 186 cm³/mol. The summed E-state index contributed by atoms with van der Waals surface area (Å²) in [5.41, 5.74) is -0.892. The number of alkyl halides is 3. The number of hydrogen-bond donors (Lipinski definition) is 2. The molecule has 1 aliphatic heterocycles. The van der Waals surface area contributed by atoms with Gasteiger partial charge in [0, 0.05) is 74.5 Å². The average Bonchev–Trinajstić information content (AvgIpc) is 3.36. The number of anilines is 1. The summed E-state index contributed by atoms with van der Waals surface area (Å²) in [6, 6.07) is 5.61. The number of para-hydroxylation sites is 1. The molecule has 48 heavy (non-hydrogen) atoms. The molecule has 0 saturated carbocycles. The number of nitrogens with one attached hydrogen (secondary N) is 2. The maximum Gasteiger partial charge on any atom is 0.419 e. The Morgan fingerprint density at radius 3 is 2.46 bits per heavy atom. The smallest absolute Gasteiger partial charge is 0.419 e. The van der Waals surface area contributed by atoms with Crippen molar-refractivity contribution in [3.63, 3.8) is 0 Å². The lowest BCUT2D eigenvalue weighted by molar-refractivity contribution is -0.137. The Morgan fingerprint density at radius 1 is 1.12 bits per heavy atom. The monoisotopic (exact) mass is 708 g/mol. The number of piperidine rings is 1. The molecule has 1 saturated heterocycles. The van der Waals surface area contributed by atoms with Crippen LogP contribution in [0, 0.1) is 0 Å². The maximum absolute atomic E-state index is 14.5. The standard InChI is InChI=1S/C33H47F3N6O4SSi/c1-9-27(43)38-21-15-22(18-41(17-21)31(44)46-32(2,3)4)39-30-37-16-25(33(34,35)36)28(40-30)24-19-42(20-45-13-14-48(6,7)8)29-23(24)11-10-12-26(29)47-5/h10-12,16,19,21-22H,9,13-15,17-18,20H2,1-8H3,(H,38,43)(H,37,39,40)/t21-,22-/m0/s1. The number of ether oxygens (including phenoxy) is 2. The molecule has 0 unspecified atom stereocenters. The van der Waals surface area contributed by atoms with E-state index in [0.29, 0.717) is 24.0 Å². The number of amides is 2. The lowest BCUT2D eigenvalue weighted by Crippen LogP contribution is -2.56. The fourth-order valence-corrected chi connectivity index (χ4v) is 6.87. The topological polar surface area (TPSA) is 111 Å². The Labute approximate surface area is 285 Å². The maximum atomic E-state index is 14.5. The molecule has 2 aromatic heterocycles. The third-order valence-corrected chi connectivity index (χ3v) is 10.3. The predicted octanol–water partition coefficient (Wildman–Crippen LogP) is 7.47. The van der Waals surface area contributed by atoms with Crippen LogP contribution in [0.3, 0.4) is 0 Å². The molecule has 3 aromatic rings. The van der Waals surface area contributed by atoms with Gasteiger partial charge in [0.2, 0.25) is 11.9 Å². The van der Waals surface area contributed by atoms with Gasteiger partial charge in [0.15, 0.2) is 0 Å². The number of carbonyl (C=O) groups excluding carboxylic acids is 2. The van der Waals surface area contributed by atoms with Gasteiger partial charge in [-0.2, -0.15) is 13.2 Å². The van der Waals surface area contributed by atoms with Gasteiger partial charge in [-0.3, -0.25) is 4.79 Å². The Kier molecular flexibility index (Phi) is 11.8. The van der Waals surface area contributed by atoms with Crippen molar-refractivity contribution < 1.29 is 32.2 Å². The van der Waals surface area contributed by atoms with Crippen molar-refractivity contribution in [1.29, 1.82) is 0 Å². The van der Waals surface area contributed by atoms with E-state index >= 15 is 0 Å². The highest BCUT2D eigenvalue weighted by molar-refractivity contribution is 7.98. The van der Waals surface area contributed by atoms with Gasteiger partial charge in [-0.25, -0.2) is 14.8 Å². The van der Waals surface area contributed by atoms with Crippen LogP contribution in [0.1, 0.15) is 46.1 Å². The van der Waals surface area contributed by atoms with E-state index in [1.54, 1.807) is 40.0 Å². The molecule has 264 valence electrons. The van der Waals surface area contributed by atoms with Crippen LogP contribution in [-0.2, 0) is 27.2 Å². The lowest BCUT2D eigenvalue weighted by Gasteiger charge is -2.38. The second kappa shape index (κ2) is 15.1. The second-order valence-corrected chi connectivity index (χ2v) is 20.7. The lowest BCUT2D eigenvalue weighted by atomic mass is 10.0. The quantitative estimate of drug-likeness (QED) is 0.120. The number of thioether (sulfide) groups is 1. The molecule has 2 atom stereocenters. The zero-order valence-corrected chi connectivity index (χ0v) is 30.8. The van der Waals surface area contributed by atoms with Crippen LogP contribution in [0.15, 0.2) is 35.5 Å². The molecule has 3 heterocycles. The summed E-state index contributed by atoms with van der Waals surface area (Å²) in [5.74, 6) is -0.203. The minimum atomic E-state index is -4.72. The molecule has 0 bridgehead atoms. The molecular weight excluding hydrogens is 662 g/mol. The van der Waals surface area contributed by atoms with E-state index < -0.39 is 43.6 Å². The highest BCUT2D eigenvalue weighted by Crippen LogP contribution is 2.41. The molecule has 0 spiro atoms. The van der Waals surface area contributed by atoms with Gasteiger partial charge in [0.05, 0.1) is 11.2 Å². The summed E-state index contributed by atoms with van der Waals surface area (Å²) in [6.07, 6.45) is -0.225. The minimum absolute atomic E-state index is 0.0251. The van der Waals surface area contributed by atoms with E-state index in [0.717, 1.165) is 22.7 Å². The highest BCUT2D eigenvalue weighted by atomic mass is 32.2. The number of nitrogens with zero attached hydrogens (tertiary/aromatic N) is 4. The van der Waals surface area contributed by atoms with E-state index in [1.165, 1.54) is 16.7 Å². The van der Waals surface area contributed by atoms with Gasteiger partial charge in [0.1, 0.15) is 17.9 Å². The number of hydrogen-bond acceptors (Lipinski definition) is 8. The van der Waals surface area contributed by atoms with Crippen LogP contribution >= 0.6 is 11.8 Å². The molecule has 1 aliphatic rings. The van der Waals surface area contributed by atoms with E-state index in [2.05, 4.69) is 40.2 Å². The van der Waals surface area contributed by atoms with Crippen LogP contribution in [0.25, 0.3) is 22.2 Å². The van der Waals surface area contributed by atoms with E-state index in [4.69, 9.17) is 9.47 Å². The minimum Gasteiger partial charge on any atom is -0.444 e. The van der Waals surface area contributed by atoms with Crippen LogP contribution in [0.5, 0.6) is 0 Å². The summed E-state index contributed by atoms with van der Waals surface area (Å²) >= 11 is 1.50. The zero-order valence-electron chi connectivity index (χ0n) is 29.0. The normalized spacial score (nSPS) is 17.4. The fourth-order valence-electron chi connectivity index (χ4n) is 5.48. The van der Waals surface area contributed by atoms with Crippen molar-refractivity contribution in [3.8, 4) is 11.3 Å². The fraction of sp³-hybridized carbons (Fsp3) is 0.576. The number of aromatic nitrogens is 3. The van der Waals surface area contributed by atoms with Crippen molar-refractivity contribution in [2.75, 3.05) is 31.3 Å². The number of halogens is 3. The molecule has 0 aliphatic carbocycles. The molecule has 2 N–H and O–H groups in total. The summed E-state index contributed by atoms with van der Waals surface area (Å²) in [7, 11) is -1.34. The van der Waals surface area contributed by atoms with Gasteiger partial charge < -0.3 is 29.6 Å². The van der Waals surface area contributed by atoms with E-state index in [-0.39, 0.29) is 43.8 Å². The first-order valence-electron chi connectivity index (χ1n) is 16.1. The van der Waals surface area contributed by atoms with Gasteiger partial charge in [-0.05, 0) is 45.6 Å². The van der Waals surface area contributed by atoms with Crippen molar-refractivity contribution in [2.24, 2.45) is 0 Å². The molecule has 15 heteroatoms. The van der Waals surface area contributed by atoms with Crippen molar-refractivity contribution in [2.45, 2.75) is 102 Å². The zero-order chi connectivity index (χ0) is 35.4. The molecule has 10 nitrogen and oxygen atoms in total. The Balaban J connectivity index is 1.72. The van der Waals surface area contributed by atoms with Crippen LogP contribution in [-0.4, -0.2) is 83.1 Å². The van der Waals surface area contributed by atoms with Crippen LogP contribution in [0.4, 0.5) is 23.9 Å². The first kappa shape index (κ1) is 37.5. The van der Waals surface area contributed by atoms with E-state index in [9.17, 15) is 22.8 Å². The van der Waals surface area contributed by atoms with Gasteiger partial charge in [-0.15, -0.1) is 11.8 Å². The SMILES string of the molecule is CCC(=O)N[C@H]1C[C@H](Nc2ncc(C(F)(F)F)c(-c3cn(COCC[Si](C)(C)C)c4c(SC)cccc34)n2)CN(C(=O)OC(C)(C)C)C1. The molecule has 1 fully saturated rings. The molecule has 1 aromatic carbocycles. The summed E-state index contributed by atoms with van der Waals surface area (Å²) in [4.78, 5) is 36.2. The Hall–Kier alpha value is -3.30. The largest absolute Gasteiger partial charge is 0.444 e. The summed E-state index contributed by atoms with van der Waals surface area (Å²) in [5, 5.41) is 6.69. The molecule has 4 rings (SSSR count). The summed E-state index contributed by atoms with van der Waals surface area (Å²) < 4.78 is 56.9. The Bertz CT molecular complexity index is 1600. The Morgan fingerprint density at radius 2 is 1.83 bits per heavy atom. The third kappa shape index (κ3) is 9.88. The van der Waals surface area contributed by atoms with Crippen LogP contribution in [0.2, 0.25) is 25.7 Å². The van der Waals surface area contributed by atoms with Gasteiger partial charge >= 0.3 is 12.3 Å². The first-order valence-corrected chi connectivity index (χ1v) is 21.0. The van der Waals surface area contributed by atoms with Crippen molar-refractivity contribution >= 4 is 48.7 Å². The summed E-state index contributed by atoms with van der Waals surface area (Å²) in [6.45, 7) is 14.9. The number of rotatable bonds is 11. The van der Waals surface area contributed by atoms with Crippen molar-refractivity contribution in [1.82, 2.24) is 24.8 Å². The molecule has 2 amide bonds. The molecule has 0 radical (unpaired) electrons. The first-order chi connectivity index (χ1) is 22.4. The van der Waals surface area contributed by atoms with Gasteiger partial charge in [-0.1, -0.05) is 38.7 Å². The number of fused-ring (bicyclic) bond motifs is 1. The van der Waals surface area contributed by atoms with Crippen LogP contribution < -0.4 is 10.6 Å². The molecular formula is C33H47F3N6O4SSi. The second-order valence-electron chi connectivity index (χ2n) is 14.3. The third-order valence-electron chi connectivity index (χ3n) is 7.78. The van der Waals surface area contributed by atoms with Crippen molar-refractivity contribution in [3.05, 3.63) is 36.2 Å². The highest BCUT2D eigenvalue weighted by Gasteiger charge is 2.38. The van der Waals surface area contributed by atoms with E-state index in [1.807, 2.05) is 23.0 Å². The number of carbonyl (C=O) groups is 2.